The largest absolute Gasteiger partial charge is 0.294 e. The van der Waals surface area contributed by atoms with Crippen molar-refractivity contribution < 1.29 is 4.92 Å². The molecule has 94 valence electrons. The van der Waals surface area contributed by atoms with Crippen LogP contribution in [0.1, 0.15) is 12.0 Å². The number of para-hydroxylation sites is 2. The third kappa shape index (κ3) is 2.76. The van der Waals surface area contributed by atoms with Crippen molar-refractivity contribution >= 4 is 21.6 Å². The average molecular weight is 310 g/mol. The maximum absolute atomic E-state index is 10.9. The Labute approximate surface area is 113 Å². The number of hydrogen-bond donors (Lipinski definition) is 0. The van der Waals surface area contributed by atoms with Gasteiger partial charge in [0.1, 0.15) is 5.69 Å². The third-order valence-electron chi connectivity index (χ3n) is 2.56. The molecule has 0 unspecified atom stereocenters. The van der Waals surface area contributed by atoms with E-state index in [4.69, 9.17) is 0 Å². The Morgan fingerprint density at radius 1 is 1.39 bits per heavy atom. The zero-order chi connectivity index (χ0) is 13.0. The van der Waals surface area contributed by atoms with Gasteiger partial charge in [-0.15, -0.1) is 0 Å². The van der Waals surface area contributed by atoms with Crippen LogP contribution in [0.15, 0.2) is 36.7 Å². The normalized spacial score (nSPS) is 10.5. The van der Waals surface area contributed by atoms with Gasteiger partial charge >= 0.3 is 0 Å². The Kier molecular flexibility index (Phi) is 4.09. The van der Waals surface area contributed by atoms with Crippen LogP contribution in [0.4, 0.5) is 5.69 Å². The van der Waals surface area contributed by atoms with Crippen LogP contribution in [0.3, 0.4) is 0 Å². The highest BCUT2D eigenvalue weighted by molar-refractivity contribution is 9.09. The van der Waals surface area contributed by atoms with Crippen LogP contribution in [0.2, 0.25) is 0 Å². The van der Waals surface area contributed by atoms with Crippen molar-refractivity contribution in [1.29, 1.82) is 0 Å². The lowest BCUT2D eigenvalue weighted by atomic mass is 10.2. The highest BCUT2D eigenvalue weighted by Gasteiger charge is 2.14. The summed E-state index contributed by atoms with van der Waals surface area (Å²) in [7, 11) is 0. The summed E-state index contributed by atoms with van der Waals surface area (Å²) in [5, 5.41) is 16.0. The molecule has 1 heterocycles. The molecular formula is C12H12BrN3O2. The van der Waals surface area contributed by atoms with Gasteiger partial charge in [-0.25, -0.2) is 4.68 Å². The minimum absolute atomic E-state index is 0.0626. The van der Waals surface area contributed by atoms with Gasteiger partial charge in [0, 0.05) is 17.6 Å². The lowest BCUT2D eigenvalue weighted by Gasteiger charge is -2.01. The molecule has 0 aliphatic rings. The van der Waals surface area contributed by atoms with Gasteiger partial charge in [0.25, 0.3) is 5.69 Å². The number of aromatic nitrogens is 2. The van der Waals surface area contributed by atoms with E-state index in [9.17, 15) is 10.1 Å². The molecule has 2 aromatic rings. The fourth-order valence-corrected chi connectivity index (χ4v) is 1.98. The van der Waals surface area contributed by atoms with Crippen molar-refractivity contribution in [2.24, 2.45) is 0 Å². The second-order valence-corrected chi connectivity index (χ2v) is 4.62. The van der Waals surface area contributed by atoms with E-state index in [1.165, 1.54) is 6.07 Å². The number of halogens is 1. The Morgan fingerprint density at radius 2 is 2.17 bits per heavy atom. The monoisotopic (exact) mass is 309 g/mol. The third-order valence-corrected chi connectivity index (χ3v) is 3.12. The topological polar surface area (TPSA) is 61.0 Å². The number of benzene rings is 1. The summed E-state index contributed by atoms with van der Waals surface area (Å²) in [6.07, 6.45) is 5.51. The predicted octanol–water partition coefficient (Wildman–Crippen LogP) is 3.11. The van der Waals surface area contributed by atoms with Crippen LogP contribution >= 0.6 is 15.9 Å². The summed E-state index contributed by atoms with van der Waals surface area (Å²) >= 11 is 3.37. The van der Waals surface area contributed by atoms with E-state index < -0.39 is 4.92 Å². The standard InChI is InChI=1S/C12H12BrN3O2/c13-7-3-4-10-8-14-15(9-10)11-5-1-2-6-12(11)16(17)18/h1-2,5-6,8-9H,3-4,7H2. The summed E-state index contributed by atoms with van der Waals surface area (Å²) in [6.45, 7) is 0. The minimum Gasteiger partial charge on any atom is -0.258 e. The molecule has 0 amide bonds. The molecular weight excluding hydrogens is 298 g/mol. The van der Waals surface area contributed by atoms with Gasteiger partial charge in [0.05, 0.1) is 11.1 Å². The number of rotatable bonds is 5. The fourth-order valence-electron chi connectivity index (χ4n) is 1.70. The van der Waals surface area contributed by atoms with Gasteiger partial charge < -0.3 is 0 Å². The Morgan fingerprint density at radius 3 is 2.89 bits per heavy atom. The number of nitro benzene ring substituents is 1. The second kappa shape index (κ2) is 5.77. The predicted molar refractivity (Wildman–Crippen MR) is 72.3 cm³/mol. The number of aryl methyl sites for hydroxylation is 1. The number of alkyl halides is 1. The van der Waals surface area contributed by atoms with E-state index in [1.54, 1.807) is 29.1 Å². The lowest BCUT2D eigenvalue weighted by Crippen LogP contribution is -2.00. The Balaban J connectivity index is 2.31. The number of hydrogen-bond acceptors (Lipinski definition) is 3. The first-order valence-electron chi connectivity index (χ1n) is 5.55. The smallest absolute Gasteiger partial charge is 0.258 e. The minimum atomic E-state index is -0.394. The SMILES string of the molecule is O=[N+]([O-])c1ccccc1-n1cc(CCCBr)cn1. The zero-order valence-corrected chi connectivity index (χ0v) is 11.2. The molecule has 0 saturated carbocycles. The van der Waals surface area contributed by atoms with Crippen LogP contribution in [0.5, 0.6) is 0 Å². The first-order valence-corrected chi connectivity index (χ1v) is 6.68. The van der Waals surface area contributed by atoms with Crippen LogP contribution in [0.25, 0.3) is 5.69 Å². The number of nitrogens with zero attached hydrogens (tertiary/aromatic N) is 3. The first kappa shape index (κ1) is 12.8. The van der Waals surface area contributed by atoms with Crippen molar-refractivity contribution in [3.05, 3.63) is 52.3 Å². The maximum Gasteiger partial charge on any atom is 0.294 e. The molecule has 1 aromatic carbocycles. The lowest BCUT2D eigenvalue weighted by molar-refractivity contribution is -0.384. The molecule has 1 aromatic heterocycles. The van der Waals surface area contributed by atoms with Crippen molar-refractivity contribution in [2.75, 3.05) is 5.33 Å². The van der Waals surface area contributed by atoms with Gasteiger partial charge in [-0.05, 0) is 24.5 Å². The second-order valence-electron chi connectivity index (χ2n) is 3.83. The molecule has 0 bridgehead atoms. The van der Waals surface area contributed by atoms with Gasteiger partial charge in [0.15, 0.2) is 0 Å². The number of nitro groups is 1. The van der Waals surface area contributed by atoms with E-state index in [-0.39, 0.29) is 5.69 Å². The van der Waals surface area contributed by atoms with Crippen molar-refractivity contribution in [3.63, 3.8) is 0 Å². The van der Waals surface area contributed by atoms with Crippen molar-refractivity contribution in [2.45, 2.75) is 12.8 Å². The van der Waals surface area contributed by atoms with Gasteiger partial charge in [-0.1, -0.05) is 28.1 Å². The van der Waals surface area contributed by atoms with E-state index in [0.29, 0.717) is 5.69 Å². The maximum atomic E-state index is 10.9. The molecule has 18 heavy (non-hydrogen) atoms. The quantitative estimate of drug-likeness (QED) is 0.484. The summed E-state index contributed by atoms with van der Waals surface area (Å²) in [4.78, 5) is 10.5. The van der Waals surface area contributed by atoms with E-state index >= 15 is 0 Å². The van der Waals surface area contributed by atoms with Crippen LogP contribution in [-0.4, -0.2) is 20.0 Å². The van der Waals surface area contributed by atoms with Crippen LogP contribution < -0.4 is 0 Å². The van der Waals surface area contributed by atoms with Gasteiger partial charge in [-0.3, -0.25) is 10.1 Å². The van der Waals surface area contributed by atoms with E-state index in [0.717, 1.165) is 23.7 Å². The van der Waals surface area contributed by atoms with E-state index in [1.807, 2.05) is 6.20 Å². The molecule has 0 N–H and O–H groups in total. The fraction of sp³-hybridized carbons (Fsp3) is 0.250. The van der Waals surface area contributed by atoms with Gasteiger partial charge in [-0.2, -0.15) is 5.10 Å². The highest BCUT2D eigenvalue weighted by atomic mass is 79.9. The van der Waals surface area contributed by atoms with Crippen molar-refractivity contribution in [3.8, 4) is 5.69 Å². The van der Waals surface area contributed by atoms with Crippen molar-refractivity contribution in [1.82, 2.24) is 9.78 Å². The average Bonchev–Trinajstić information content (AvgIpc) is 2.85. The molecule has 0 radical (unpaired) electrons. The molecule has 5 nitrogen and oxygen atoms in total. The molecule has 2 rings (SSSR count). The summed E-state index contributed by atoms with van der Waals surface area (Å²) in [6, 6.07) is 6.59. The van der Waals surface area contributed by atoms with Crippen LogP contribution in [0, 0.1) is 10.1 Å². The zero-order valence-electron chi connectivity index (χ0n) is 9.62. The summed E-state index contributed by atoms with van der Waals surface area (Å²) in [5.41, 5.74) is 1.63. The molecule has 0 spiro atoms. The molecule has 0 fully saturated rings. The molecule has 0 atom stereocenters. The Bertz CT molecular complexity index is 554. The molecule has 0 aliphatic carbocycles. The molecule has 6 heteroatoms. The van der Waals surface area contributed by atoms with Crippen LogP contribution in [-0.2, 0) is 6.42 Å². The van der Waals surface area contributed by atoms with Gasteiger partial charge in [0.2, 0.25) is 0 Å². The summed E-state index contributed by atoms with van der Waals surface area (Å²) in [5.74, 6) is 0. The molecule has 0 aliphatic heterocycles. The first-order chi connectivity index (χ1) is 8.72. The highest BCUT2D eigenvalue weighted by Crippen LogP contribution is 2.21. The molecule has 0 saturated heterocycles. The Hall–Kier alpha value is -1.69. The summed E-state index contributed by atoms with van der Waals surface area (Å²) < 4.78 is 1.56. The van der Waals surface area contributed by atoms with E-state index in [2.05, 4.69) is 21.0 Å².